The summed E-state index contributed by atoms with van der Waals surface area (Å²) in [5.41, 5.74) is 7.35. The van der Waals surface area contributed by atoms with E-state index in [1.165, 1.54) is 9.75 Å². The first-order valence-electron chi connectivity index (χ1n) is 11.9. The Labute approximate surface area is 210 Å². The number of hydrogen-bond acceptors (Lipinski definition) is 5. The Morgan fingerprint density at radius 2 is 1.94 bits per heavy atom. The summed E-state index contributed by atoms with van der Waals surface area (Å²) in [6, 6.07) is 16.6. The molecule has 176 valence electrons. The normalized spacial score (nSPS) is 13.5. The van der Waals surface area contributed by atoms with Gasteiger partial charge in [0, 0.05) is 50.0 Å². The van der Waals surface area contributed by atoms with Crippen molar-refractivity contribution in [2.75, 3.05) is 5.32 Å². The number of pyridine rings is 2. The maximum absolute atomic E-state index is 12.2. The molecule has 7 nitrogen and oxygen atoms in total. The molecule has 8 heteroatoms. The fourth-order valence-corrected chi connectivity index (χ4v) is 5.51. The van der Waals surface area contributed by atoms with Crippen molar-refractivity contribution in [3.8, 4) is 33.0 Å². The quantitative estimate of drug-likeness (QED) is 0.255. The molecule has 6 aromatic rings. The number of carbonyl (C=O) groups excluding carboxylic acids is 1. The number of aryl methyl sites for hydroxylation is 1. The van der Waals surface area contributed by atoms with Gasteiger partial charge < -0.3 is 10.3 Å². The minimum absolute atomic E-state index is 0.0750. The van der Waals surface area contributed by atoms with Crippen LogP contribution >= 0.6 is 11.3 Å². The molecule has 1 amide bonds. The summed E-state index contributed by atoms with van der Waals surface area (Å²) in [5, 5.41) is 12.8. The first-order valence-corrected chi connectivity index (χ1v) is 12.7. The molecule has 0 aliphatic heterocycles. The van der Waals surface area contributed by atoms with E-state index >= 15 is 0 Å². The third kappa shape index (κ3) is 3.67. The van der Waals surface area contributed by atoms with Crippen LogP contribution in [0.15, 0.2) is 67.1 Å². The molecule has 7 rings (SSSR count). The van der Waals surface area contributed by atoms with Gasteiger partial charge in [-0.2, -0.15) is 5.10 Å². The zero-order valence-electron chi connectivity index (χ0n) is 19.5. The van der Waals surface area contributed by atoms with Crippen molar-refractivity contribution >= 4 is 44.9 Å². The van der Waals surface area contributed by atoms with Gasteiger partial charge in [0.1, 0.15) is 11.3 Å². The predicted octanol–water partition coefficient (Wildman–Crippen LogP) is 6.55. The van der Waals surface area contributed by atoms with Crippen molar-refractivity contribution < 1.29 is 4.79 Å². The SMILES string of the molecule is Cc1ccc(-c2ccnc3[nH]c(-c4n[nH]c5ccc(-c6cncc(NC(=O)C7CC7)c6)cc45)cc23)s1. The number of nitrogens with zero attached hydrogens (tertiary/aromatic N) is 3. The molecule has 1 aliphatic carbocycles. The van der Waals surface area contributed by atoms with E-state index in [0.29, 0.717) is 0 Å². The van der Waals surface area contributed by atoms with E-state index in [0.717, 1.165) is 68.5 Å². The average molecular weight is 491 g/mol. The van der Waals surface area contributed by atoms with E-state index in [9.17, 15) is 4.79 Å². The number of fused-ring (bicyclic) bond motifs is 2. The lowest BCUT2D eigenvalue weighted by Crippen LogP contribution is -2.13. The van der Waals surface area contributed by atoms with Crippen molar-refractivity contribution in [1.29, 1.82) is 0 Å². The van der Waals surface area contributed by atoms with Crippen LogP contribution in [0.4, 0.5) is 5.69 Å². The van der Waals surface area contributed by atoms with Gasteiger partial charge in [-0.1, -0.05) is 6.07 Å². The van der Waals surface area contributed by atoms with Crippen LogP contribution < -0.4 is 5.32 Å². The molecule has 0 unspecified atom stereocenters. The lowest BCUT2D eigenvalue weighted by Gasteiger charge is -2.07. The summed E-state index contributed by atoms with van der Waals surface area (Å²) in [7, 11) is 0. The summed E-state index contributed by atoms with van der Waals surface area (Å²) >= 11 is 1.78. The highest BCUT2D eigenvalue weighted by Crippen LogP contribution is 2.37. The van der Waals surface area contributed by atoms with Crippen molar-refractivity contribution in [1.82, 2.24) is 25.1 Å². The molecule has 1 saturated carbocycles. The highest BCUT2D eigenvalue weighted by molar-refractivity contribution is 7.15. The Hall–Kier alpha value is -4.30. The number of rotatable bonds is 5. The molecular weight excluding hydrogens is 468 g/mol. The van der Waals surface area contributed by atoms with Gasteiger partial charge >= 0.3 is 0 Å². The summed E-state index contributed by atoms with van der Waals surface area (Å²) in [6.45, 7) is 2.12. The molecule has 0 spiro atoms. The summed E-state index contributed by atoms with van der Waals surface area (Å²) in [5.74, 6) is 0.222. The number of nitrogens with one attached hydrogen (secondary N) is 3. The minimum Gasteiger partial charge on any atom is -0.338 e. The smallest absolute Gasteiger partial charge is 0.227 e. The number of carbonyl (C=O) groups is 1. The second-order valence-corrected chi connectivity index (χ2v) is 10.6. The van der Waals surface area contributed by atoms with E-state index in [1.54, 1.807) is 17.5 Å². The second-order valence-electron chi connectivity index (χ2n) is 9.27. The number of thiophene rings is 1. The summed E-state index contributed by atoms with van der Waals surface area (Å²) in [4.78, 5) is 27.1. The van der Waals surface area contributed by atoms with E-state index in [1.807, 2.05) is 30.6 Å². The summed E-state index contributed by atoms with van der Waals surface area (Å²) in [6.07, 6.45) is 7.29. The Bertz CT molecular complexity index is 1770. The number of aromatic nitrogens is 5. The van der Waals surface area contributed by atoms with Crippen LogP contribution in [-0.2, 0) is 4.79 Å². The predicted molar refractivity (Wildman–Crippen MR) is 144 cm³/mol. The van der Waals surface area contributed by atoms with Gasteiger partial charge in [0.05, 0.1) is 23.1 Å². The molecule has 0 bridgehead atoms. The van der Waals surface area contributed by atoms with Gasteiger partial charge in [0.25, 0.3) is 0 Å². The number of amides is 1. The van der Waals surface area contributed by atoms with Gasteiger partial charge in [-0.15, -0.1) is 11.3 Å². The van der Waals surface area contributed by atoms with Gasteiger partial charge in [-0.3, -0.25) is 14.9 Å². The van der Waals surface area contributed by atoms with Crippen LogP contribution in [0, 0.1) is 12.8 Å². The zero-order valence-corrected chi connectivity index (χ0v) is 20.3. The molecule has 0 saturated heterocycles. The number of H-pyrrole nitrogens is 2. The summed E-state index contributed by atoms with van der Waals surface area (Å²) < 4.78 is 0. The number of anilines is 1. The molecule has 1 fully saturated rings. The first kappa shape index (κ1) is 21.0. The van der Waals surface area contributed by atoms with Gasteiger partial charge in [0.15, 0.2) is 0 Å². The maximum Gasteiger partial charge on any atom is 0.227 e. The molecule has 5 aromatic heterocycles. The number of aromatic amines is 2. The van der Waals surface area contributed by atoms with Crippen LogP contribution in [0.25, 0.3) is 54.9 Å². The van der Waals surface area contributed by atoms with Crippen molar-refractivity contribution in [2.45, 2.75) is 19.8 Å². The lowest BCUT2D eigenvalue weighted by atomic mass is 10.0. The van der Waals surface area contributed by atoms with Crippen LogP contribution in [0.2, 0.25) is 0 Å². The van der Waals surface area contributed by atoms with Gasteiger partial charge in [-0.25, -0.2) is 4.98 Å². The molecule has 0 radical (unpaired) electrons. The largest absolute Gasteiger partial charge is 0.338 e. The van der Waals surface area contributed by atoms with Crippen LogP contribution in [0.3, 0.4) is 0 Å². The monoisotopic (exact) mass is 490 g/mol. The number of hydrogen-bond donors (Lipinski definition) is 3. The van der Waals surface area contributed by atoms with E-state index in [4.69, 9.17) is 0 Å². The van der Waals surface area contributed by atoms with Gasteiger partial charge in [0.2, 0.25) is 5.91 Å². The van der Waals surface area contributed by atoms with Crippen molar-refractivity contribution in [3.63, 3.8) is 0 Å². The molecule has 1 aliphatic rings. The van der Waals surface area contributed by atoms with Gasteiger partial charge in [-0.05, 0) is 67.8 Å². The van der Waals surface area contributed by atoms with Crippen LogP contribution in [0.5, 0.6) is 0 Å². The van der Waals surface area contributed by atoms with Crippen molar-refractivity contribution in [2.24, 2.45) is 5.92 Å². The molecule has 0 atom stereocenters. The molecule has 3 N–H and O–H groups in total. The fraction of sp³-hybridized carbons (Fsp3) is 0.143. The van der Waals surface area contributed by atoms with Crippen LogP contribution in [-0.4, -0.2) is 31.1 Å². The fourth-order valence-electron chi connectivity index (χ4n) is 4.60. The average Bonchev–Trinajstić information content (AvgIpc) is 3.30. The third-order valence-corrected chi connectivity index (χ3v) is 7.68. The Morgan fingerprint density at radius 1 is 1.03 bits per heavy atom. The van der Waals surface area contributed by atoms with E-state index < -0.39 is 0 Å². The molecular formula is C28H22N6OS. The Balaban J connectivity index is 1.28. The standard InChI is InChI=1S/C28H22N6OS/c1-15-2-7-25(36-15)20-8-9-30-27-21(20)12-24(32-27)26-22-11-17(5-6-23(22)33-34-26)18-10-19(14-29-13-18)31-28(35)16-3-4-16/h2,5-14,16H,3-4H2,1H3,(H,30,32)(H,31,35)(H,33,34). The van der Waals surface area contributed by atoms with E-state index in [2.05, 4.69) is 67.7 Å². The topological polar surface area (TPSA) is 99.3 Å². The first-order chi connectivity index (χ1) is 17.6. The third-order valence-electron chi connectivity index (χ3n) is 6.64. The molecule has 1 aromatic carbocycles. The Morgan fingerprint density at radius 3 is 2.78 bits per heavy atom. The van der Waals surface area contributed by atoms with Crippen molar-refractivity contribution in [3.05, 3.63) is 72.0 Å². The zero-order chi connectivity index (χ0) is 24.2. The van der Waals surface area contributed by atoms with E-state index in [-0.39, 0.29) is 11.8 Å². The number of benzene rings is 1. The molecule has 36 heavy (non-hydrogen) atoms. The maximum atomic E-state index is 12.2. The highest BCUT2D eigenvalue weighted by atomic mass is 32.1. The second kappa shape index (κ2) is 8.13. The lowest BCUT2D eigenvalue weighted by molar-refractivity contribution is -0.117. The van der Waals surface area contributed by atoms with Crippen LogP contribution in [0.1, 0.15) is 17.7 Å². The highest BCUT2D eigenvalue weighted by Gasteiger charge is 2.29. The Kier molecular flexibility index (Phi) is 4.75. The molecule has 5 heterocycles. The minimum atomic E-state index is 0.0750.